The molecule has 0 aromatic heterocycles. The number of guanidine groups is 1. The van der Waals surface area contributed by atoms with Crippen molar-refractivity contribution in [2.45, 2.75) is 32.7 Å². The summed E-state index contributed by atoms with van der Waals surface area (Å²) in [6, 6.07) is -0.660. The number of hydrogen-bond acceptors (Lipinski definition) is 7. The zero-order valence-electron chi connectivity index (χ0n) is 12.7. The van der Waals surface area contributed by atoms with Gasteiger partial charge in [0.1, 0.15) is 13.2 Å². The van der Waals surface area contributed by atoms with E-state index < -0.39 is 18.1 Å². The highest BCUT2D eigenvalue weighted by Crippen LogP contribution is 1.96. The Kier molecular flexibility index (Phi) is 10.6. The van der Waals surface area contributed by atoms with Crippen molar-refractivity contribution in [3.05, 3.63) is 0 Å². The fourth-order valence-corrected chi connectivity index (χ4v) is 1.35. The average Bonchev–Trinajstić information content (AvgIpc) is 2.43. The number of carbonyl (C=O) groups excluding carboxylic acids is 2. The van der Waals surface area contributed by atoms with Crippen LogP contribution in [0.1, 0.15) is 26.7 Å². The van der Waals surface area contributed by atoms with Gasteiger partial charge in [0.15, 0.2) is 0 Å². The molecule has 4 N–H and O–H groups in total. The molecular weight excluding hydrogens is 280 g/mol. The van der Waals surface area contributed by atoms with Gasteiger partial charge in [-0.3, -0.25) is 10.1 Å². The van der Waals surface area contributed by atoms with Gasteiger partial charge in [-0.2, -0.15) is 0 Å². The molecule has 1 atom stereocenters. The summed E-state index contributed by atoms with van der Waals surface area (Å²) in [7, 11) is 1.35. The van der Waals surface area contributed by atoms with Crippen molar-refractivity contribution in [2.24, 2.45) is 10.9 Å². The van der Waals surface area contributed by atoms with Gasteiger partial charge in [0.2, 0.25) is 5.96 Å². The summed E-state index contributed by atoms with van der Waals surface area (Å²) in [6.45, 7) is 4.42. The number of nitrogens with two attached hydrogens (primary N) is 1. The standard InChI is InChI=1S/C12H24N4O5/c1-4-20-10(17)9(13)7-6-8-14-11(16-19-3)15-12(18)21-5-2/h9H,4-8,13H2,1-3H3,(H2,14,15,16,18). The van der Waals surface area contributed by atoms with Gasteiger partial charge in [-0.15, -0.1) is 0 Å². The molecule has 0 bridgehead atoms. The molecule has 0 aliphatic heterocycles. The SMILES string of the molecule is CCOC(=O)N/C(=N\OC)NCCCC(N)C(=O)OCC. The van der Waals surface area contributed by atoms with Crippen molar-refractivity contribution in [3.63, 3.8) is 0 Å². The van der Waals surface area contributed by atoms with Crippen molar-refractivity contribution in [1.29, 1.82) is 0 Å². The van der Waals surface area contributed by atoms with Crippen LogP contribution in [0.2, 0.25) is 0 Å². The van der Waals surface area contributed by atoms with E-state index in [0.29, 0.717) is 26.0 Å². The molecule has 1 unspecified atom stereocenters. The van der Waals surface area contributed by atoms with Crippen LogP contribution in [0.5, 0.6) is 0 Å². The van der Waals surface area contributed by atoms with Crippen molar-refractivity contribution < 1.29 is 23.9 Å². The number of esters is 1. The lowest BCUT2D eigenvalue weighted by Gasteiger charge is -2.12. The first-order valence-electron chi connectivity index (χ1n) is 6.76. The predicted molar refractivity (Wildman–Crippen MR) is 76.4 cm³/mol. The Hall–Kier alpha value is -2.03. The molecule has 1 amide bonds. The maximum Gasteiger partial charge on any atom is 0.414 e. The highest BCUT2D eigenvalue weighted by molar-refractivity contribution is 5.93. The Labute approximate surface area is 124 Å². The summed E-state index contributed by atoms with van der Waals surface area (Å²) in [4.78, 5) is 27.1. The molecule has 0 saturated heterocycles. The Balaban J connectivity index is 4.02. The molecule has 0 rings (SSSR count). The summed E-state index contributed by atoms with van der Waals surface area (Å²) in [5.74, 6) is -0.298. The van der Waals surface area contributed by atoms with E-state index in [4.69, 9.17) is 15.2 Å². The van der Waals surface area contributed by atoms with Gasteiger partial charge in [0, 0.05) is 6.54 Å². The number of rotatable bonds is 8. The Morgan fingerprint density at radius 1 is 1.24 bits per heavy atom. The van der Waals surface area contributed by atoms with Crippen LogP contribution < -0.4 is 16.4 Å². The summed E-state index contributed by atoms with van der Waals surface area (Å²) in [5.41, 5.74) is 5.65. The first kappa shape index (κ1) is 19.0. The summed E-state index contributed by atoms with van der Waals surface area (Å²) in [5, 5.41) is 8.82. The van der Waals surface area contributed by atoms with E-state index >= 15 is 0 Å². The van der Waals surface area contributed by atoms with Crippen LogP contribution in [0, 0.1) is 0 Å². The van der Waals surface area contributed by atoms with E-state index in [2.05, 4.69) is 20.6 Å². The molecule has 21 heavy (non-hydrogen) atoms. The third kappa shape index (κ3) is 9.50. The number of ether oxygens (including phenoxy) is 2. The Morgan fingerprint density at radius 2 is 1.90 bits per heavy atom. The molecule has 0 aromatic carbocycles. The van der Waals surface area contributed by atoms with Gasteiger partial charge in [-0.05, 0) is 31.8 Å². The maximum atomic E-state index is 11.3. The average molecular weight is 304 g/mol. The van der Waals surface area contributed by atoms with Crippen LogP contribution in [-0.4, -0.2) is 50.9 Å². The van der Waals surface area contributed by atoms with Crippen LogP contribution in [-0.2, 0) is 19.1 Å². The predicted octanol–water partition coefficient (Wildman–Crippen LogP) is -0.0899. The second kappa shape index (κ2) is 11.8. The van der Waals surface area contributed by atoms with Crippen LogP contribution in [0.3, 0.4) is 0 Å². The van der Waals surface area contributed by atoms with E-state index in [0.717, 1.165) is 0 Å². The second-order valence-electron chi connectivity index (χ2n) is 3.90. The number of alkyl carbamates (subject to hydrolysis) is 1. The molecular formula is C12H24N4O5. The Morgan fingerprint density at radius 3 is 2.48 bits per heavy atom. The number of carbonyl (C=O) groups is 2. The first-order chi connectivity index (χ1) is 10.0. The second-order valence-corrected chi connectivity index (χ2v) is 3.90. The molecule has 9 heteroatoms. The number of nitrogens with one attached hydrogen (secondary N) is 2. The van der Waals surface area contributed by atoms with E-state index in [1.807, 2.05) is 0 Å². The van der Waals surface area contributed by atoms with Crippen LogP contribution in [0.15, 0.2) is 5.16 Å². The fourth-order valence-electron chi connectivity index (χ4n) is 1.35. The molecule has 0 aliphatic carbocycles. The van der Waals surface area contributed by atoms with Crippen molar-refractivity contribution >= 4 is 18.0 Å². The number of oxime groups is 1. The fraction of sp³-hybridized carbons (Fsp3) is 0.750. The van der Waals surface area contributed by atoms with Gasteiger partial charge >= 0.3 is 12.1 Å². The minimum absolute atomic E-state index is 0.126. The first-order valence-corrected chi connectivity index (χ1v) is 6.76. The minimum atomic E-state index is -0.660. The molecule has 122 valence electrons. The van der Waals surface area contributed by atoms with E-state index in [9.17, 15) is 9.59 Å². The van der Waals surface area contributed by atoms with E-state index in [1.165, 1.54) is 7.11 Å². The normalized spacial score (nSPS) is 12.3. The highest BCUT2D eigenvalue weighted by atomic mass is 16.6. The van der Waals surface area contributed by atoms with Gasteiger partial charge in [-0.25, -0.2) is 4.79 Å². The third-order valence-electron chi connectivity index (χ3n) is 2.25. The smallest absolute Gasteiger partial charge is 0.414 e. The van der Waals surface area contributed by atoms with E-state index in [1.54, 1.807) is 13.8 Å². The zero-order valence-corrected chi connectivity index (χ0v) is 12.7. The number of amides is 1. The van der Waals surface area contributed by atoms with Crippen LogP contribution in [0.25, 0.3) is 0 Å². The lowest BCUT2D eigenvalue weighted by Crippen LogP contribution is -2.42. The summed E-state index contributed by atoms with van der Waals surface area (Å²) in [6.07, 6.45) is 0.405. The maximum absolute atomic E-state index is 11.3. The molecule has 0 radical (unpaired) electrons. The van der Waals surface area contributed by atoms with Gasteiger partial charge in [0.05, 0.1) is 13.2 Å². The number of hydrogen-bond donors (Lipinski definition) is 3. The van der Waals surface area contributed by atoms with Gasteiger partial charge < -0.3 is 25.4 Å². The lowest BCUT2D eigenvalue weighted by atomic mass is 10.2. The highest BCUT2D eigenvalue weighted by Gasteiger charge is 2.14. The molecule has 0 aliphatic rings. The topological polar surface area (TPSA) is 124 Å². The third-order valence-corrected chi connectivity index (χ3v) is 2.25. The molecule has 0 saturated carbocycles. The quantitative estimate of drug-likeness (QED) is 0.188. The lowest BCUT2D eigenvalue weighted by molar-refractivity contribution is -0.144. The van der Waals surface area contributed by atoms with Crippen molar-refractivity contribution in [3.8, 4) is 0 Å². The largest absolute Gasteiger partial charge is 0.465 e. The molecule has 0 aromatic rings. The summed E-state index contributed by atoms with van der Waals surface area (Å²) >= 11 is 0. The molecule has 0 heterocycles. The van der Waals surface area contributed by atoms with E-state index in [-0.39, 0.29) is 12.6 Å². The van der Waals surface area contributed by atoms with Crippen molar-refractivity contribution in [2.75, 3.05) is 26.9 Å². The number of nitrogens with zero attached hydrogens (tertiary/aromatic N) is 1. The van der Waals surface area contributed by atoms with Gasteiger partial charge in [0.25, 0.3) is 0 Å². The monoisotopic (exact) mass is 304 g/mol. The van der Waals surface area contributed by atoms with Crippen molar-refractivity contribution in [1.82, 2.24) is 10.6 Å². The minimum Gasteiger partial charge on any atom is -0.465 e. The molecule has 0 spiro atoms. The van der Waals surface area contributed by atoms with Gasteiger partial charge in [-0.1, -0.05) is 0 Å². The Bertz CT molecular complexity index is 349. The molecule has 0 fully saturated rings. The van der Waals surface area contributed by atoms with Crippen LogP contribution in [0.4, 0.5) is 4.79 Å². The van der Waals surface area contributed by atoms with Crippen LogP contribution >= 0.6 is 0 Å². The zero-order chi connectivity index (χ0) is 16.1. The molecule has 9 nitrogen and oxygen atoms in total. The summed E-state index contributed by atoms with van der Waals surface area (Å²) < 4.78 is 9.51.